The number of sulfonamides is 1. The maximum Gasteiger partial charge on any atom is 0.337 e. The summed E-state index contributed by atoms with van der Waals surface area (Å²) in [5.74, 6) is -1.15. The first-order valence-electron chi connectivity index (χ1n) is 6.37. The lowest BCUT2D eigenvalue weighted by molar-refractivity contribution is 0.0698. The van der Waals surface area contributed by atoms with E-state index >= 15 is 0 Å². The summed E-state index contributed by atoms with van der Waals surface area (Å²) in [4.78, 5) is 11.3. The van der Waals surface area contributed by atoms with Gasteiger partial charge in [-0.2, -0.15) is 0 Å². The molecular formula is C14H15NO4S2. The highest BCUT2D eigenvalue weighted by Gasteiger charge is 2.28. The second kappa shape index (κ2) is 6.28. The number of para-hydroxylation sites is 1. The molecule has 7 heteroatoms. The molecule has 1 aromatic carbocycles. The second-order valence-electron chi connectivity index (χ2n) is 4.33. The normalized spacial score (nSPS) is 11.3. The Morgan fingerprint density at radius 3 is 2.52 bits per heavy atom. The topological polar surface area (TPSA) is 74.7 Å². The number of hydrogen-bond acceptors (Lipinski definition) is 4. The van der Waals surface area contributed by atoms with Crippen LogP contribution in [0.4, 0.5) is 5.69 Å². The van der Waals surface area contributed by atoms with Gasteiger partial charge in [0.25, 0.3) is 10.0 Å². The molecule has 2 aromatic rings. The third kappa shape index (κ3) is 3.08. The zero-order valence-corrected chi connectivity index (χ0v) is 13.0. The first-order chi connectivity index (χ1) is 9.98. The van der Waals surface area contributed by atoms with Crippen LogP contribution in [-0.2, 0) is 10.0 Å². The summed E-state index contributed by atoms with van der Waals surface area (Å²) in [5.41, 5.74) is 0.173. The summed E-state index contributed by atoms with van der Waals surface area (Å²) < 4.78 is 26.8. The average molecular weight is 325 g/mol. The minimum atomic E-state index is -3.74. The van der Waals surface area contributed by atoms with E-state index in [1.54, 1.807) is 23.6 Å². The first kappa shape index (κ1) is 15.5. The van der Waals surface area contributed by atoms with E-state index in [2.05, 4.69) is 0 Å². The Balaban J connectivity index is 2.58. The fourth-order valence-corrected chi connectivity index (χ4v) is 4.64. The molecule has 0 fully saturated rings. The van der Waals surface area contributed by atoms with Crippen LogP contribution in [0.1, 0.15) is 23.7 Å². The van der Waals surface area contributed by atoms with E-state index in [1.807, 2.05) is 6.92 Å². The third-order valence-electron chi connectivity index (χ3n) is 2.87. The zero-order chi connectivity index (χ0) is 15.5. The van der Waals surface area contributed by atoms with Gasteiger partial charge in [-0.25, -0.2) is 13.2 Å². The van der Waals surface area contributed by atoms with Crippen LogP contribution in [0.2, 0.25) is 0 Å². The number of thiophene rings is 1. The van der Waals surface area contributed by atoms with Crippen LogP contribution in [-0.4, -0.2) is 26.0 Å². The molecule has 0 bridgehead atoms. The lowest BCUT2D eigenvalue weighted by Gasteiger charge is -2.24. The van der Waals surface area contributed by atoms with Crippen molar-refractivity contribution in [2.45, 2.75) is 17.6 Å². The van der Waals surface area contributed by atoms with Crippen LogP contribution in [0.3, 0.4) is 0 Å². The quantitative estimate of drug-likeness (QED) is 0.886. The number of carboxylic acids is 1. The molecule has 0 unspecified atom stereocenters. The molecule has 5 nitrogen and oxygen atoms in total. The number of nitrogens with zero attached hydrogens (tertiary/aromatic N) is 1. The van der Waals surface area contributed by atoms with Crippen LogP contribution in [0.15, 0.2) is 46.0 Å². The second-order valence-corrected chi connectivity index (χ2v) is 7.37. The molecule has 112 valence electrons. The first-order valence-corrected chi connectivity index (χ1v) is 8.69. The average Bonchev–Trinajstić information content (AvgIpc) is 2.99. The molecule has 1 heterocycles. The van der Waals surface area contributed by atoms with Gasteiger partial charge in [0, 0.05) is 6.54 Å². The summed E-state index contributed by atoms with van der Waals surface area (Å²) in [7, 11) is -3.74. The smallest absolute Gasteiger partial charge is 0.337 e. The molecular weight excluding hydrogens is 310 g/mol. The van der Waals surface area contributed by atoms with E-state index in [0.717, 1.165) is 11.3 Å². The minimum absolute atomic E-state index is 0.0221. The number of carboxylic acid groups (broad SMARTS) is 1. The fraction of sp³-hybridized carbons (Fsp3) is 0.214. The van der Waals surface area contributed by atoms with Crippen LogP contribution < -0.4 is 4.31 Å². The van der Waals surface area contributed by atoms with E-state index in [4.69, 9.17) is 0 Å². The Morgan fingerprint density at radius 2 is 1.95 bits per heavy atom. The number of benzene rings is 1. The number of aromatic carboxylic acids is 1. The number of carbonyl (C=O) groups is 1. The standard InChI is InChI=1S/C14H15NO4S2/c1-2-9-15(21(18,19)13-8-5-10-20-13)12-7-4-3-6-11(12)14(16)17/h3-8,10H,2,9H2,1H3,(H,16,17). The molecule has 1 aromatic heterocycles. The molecule has 0 spiro atoms. The minimum Gasteiger partial charge on any atom is -0.478 e. The van der Waals surface area contributed by atoms with E-state index in [0.29, 0.717) is 6.42 Å². The van der Waals surface area contributed by atoms with Crippen molar-refractivity contribution in [3.8, 4) is 0 Å². The van der Waals surface area contributed by atoms with Gasteiger partial charge in [-0.1, -0.05) is 25.1 Å². The molecule has 21 heavy (non-hydrogen) atoms. The van der Waals surface area contributed by atoms with Gasteiger partial charge >= 0.3 is 5.97 Å². The van der Waals surface area contributed by atoms with Crippen molar-refractivity contribution >= 4 is 33.0 Å². The summed E-state index contributed by atoms with van der Waals surface area (Å²) in [5, 5.41) is 10.9. The van der Waals surface area contributed by atoms with E-state index in [9.17, 15) is 18.3 Å². The largest absolute Gasteiger partial charge is 0.478 e. The van der Waals surface area contributed by atoms with Gasteiger partial charge in [0.1, 0.15) is 4.21 Å². The van der Waals surface area contributed by atoms with Crippen molar-refractivity contribution in [3.05, 3.63) is 47.3 Å². The summed E-state index contributed by atoms with van der Waals surface area (Å²) in [6, 6.07) is 9.31. The Bertz CT molecular complexity index is 723. The Hall–Kier alpha value is -1.86. The van der Waals surface area contributed by atoms with Gasteiger partial charge in [0.15, 0.2) is 0 Å². The number of rotatable bonds is 6. The van der Waals surface area contributed by atoms with Crippen molar-refractivity contribution in [2.75, 3.05) is 10.8 Å². The highest BCUT2D eigenvalue weighted by molar-refractivity contribution is 7.94. The molecule has 0 amide bonds. The van der Waals surface area contributed by atoms with Gasteiger partial charge in [-0.15, -0.1) is 11.3 Å². The molecule has 0 saturated heterocycles. The van der Waals surface area contributed by atoms with Crippen LogP contribution in [0.25, 0.3) is 0 Å². The van der Waals surface area contributed by atoms with E-state index in [1.165, 1.54) is 22.5 Å². The molecule has 0 radical (unpaired) electrons. The van der Waals surface area contributed by atoms with Gasteiger partial charge in [0.2, 0.25) is 0 Å². The summed E-state index contributed by atoms with van der Waals surface area (Å²) in [6.07, 6.45) is 0.582. The van der Waals surface area contributed by atoms with Crippen molar-refractivity contribution in [2.24, 2.45) is 0 Å². The van der Waals surface area contributed by atoms with Crippen LogP contribution in [0, 0.1) is 0 Å². The van der Waals surface area contributed by atoms with Crippen LogP contribution in [0.5, 0.6) is 0 Å². The van der Waals surface area contributed by atoms with Crippen LogP contribution >= 0.6 is 11.3 Å². The van der Waals surface area contributed by atoms with Crippen molar-refractivity contribution in [3.63, 3.8) is 0 Å². The van der Waals surface area contributed by atoms with Gasteiger partial charge in [-0.05, 0) is 30.0 Å². The highest BCUT2D eigenvalue weighted by atomic mass is 32.2. The van der Waals surface area contributed by atoms with Gasteiger partial charge in [-0.3, -0.25) is 4.31 Å². The van der Waals surface area contributed by atoms with Gasteiger partial charge < -0.3 is 5.11 Å². The number of hydrogen-bond donors (Lipinski definition) is 1. The molecule has 0 atom stereocenters. The Labute approximate surface area is 127 Å². The maximum atomic E-state index is 12.7. The van der Waals surface area contributed by atoms with E-state index < -0.39 is 16.0 Å². The predicted octanol–water partition coefficient (Wildman–Crippen LogP) is 3.05. The summed E-state index contributed by atoms with van der Waals surface area (Å²) >= 11 is 1.12. The molecule has 1 N–H and O–H groups in total. The van der Waals surface area contributed by atoms with Crippen molar-refractivity contribution < 1.29 is 18.3 Å². The third-order valence-corrected chi connectivity index (χ3v) is 6.06. The highest BCUT2D eigenvalue weighted by Crippen LogP contribution is 2.29. The van der Waals surface area contributed by atoms with Crippen molar-refractivity contribution in [1.29, 1.82) is 0 Å². The number of anilines is 1. The lowest BCUT2D eigenvalue weighted by atomic mass is 10.2. The summed E-state index contributed by atoms with van der Waals surface area (Å²) in [6.45, 7) is 2.07. The predicted molar refractivity (Wildman–Crippen MR) is 82.5 cm³/mol. The Morgan fingerprint density at radius 1 is 1.24 bits per heavy atom. The molecule has 0 aliphatic carbocycles. The molecule has 2 rings (SSSR count). The molecule has 0 saturated carbocycles. The maximum absolute atomic E-state index is 12.7. The lowest BCUT2D eigenvalue weighted by Crippen LogP contribution is -2.32. The monoisotopic (exact) mass is 325 g/mol. The Kier molecular flexibility index (Phi) is 4.64. The fourth-order valence-electron chi connectivity index (χ4n) is 1.96. The van der Waals surface area contributed by atoms with E-state index in [-0.39, 0.29) is 22.0 Å². The molecule has 0 aliphatic rings. The zero-order valence-electron chi connectivity index (χ0n) is 11.4. The van der Waals surface area contributed by atoms with Gasteiger partial charge in [0.05, 0.1) is 11.3 Å². The van der Waals surface area contributed by atoms with Crippen molar-refractivity contribution in [1.82, 2.24) is 0 Å². The molecule has 0 aliphatic heterocycles. The SMILES string of the molecule is CCCN(c1ccccc1C(=O)O)S(=O)(=O)c1cccs1.